The molecule has 2 aromatic rings. The second kappa shape index (κ2) is 12.7. The van der Waals surface area contributed by atoms with Crippen LogP contribution >= 0.6 is 23.4 Å². The van der Waals surface area contributed by atoms with Gasteiger partial charge in [0.05, 0.1) is 18.0 Å². The van der Waals surface area contributed by atoms with Crippen LogP contribution in [0.3, 0.4) is 0 Å². The molecule has 0 radical (unpaired) electrons. The molecule has 3 rings (SSSR count). The molecule has 0 bridgehead atoms. The molecule has 1 heterocycles. The van der Waals surface area contributed by atoms with Crippen molar-refractivity contribution < 1.29 is 14.0 Å². The summed E-state index contributed by atoms with van der Waals surface area (Å²) in [5, 5.41) is 3.28. The van der Waals surface area contributed by atoms with Crippen LogP contribution in [0.1, 0.15) is 50.0 Å². The minimum absolute atomic E-state index is 0.0184. The zero-order chi connectivity index (χ0) is 25.5. The van der Waals surface area contributed by atoms with E-state index in [0.717, 1.165) is 31.0 Å². The number of rotatable bonds is 11. The predicted octanol–water partition coefficient (Wildman–Crippen LogP) is 5.85. The molecule has 35 heavy (non-hydrogen) atoms. The van der Waals surface area contributed by atoms with Crippen molar-refractivity contribution in [1.82, 2.24) is 10.2 Å². The molecular formula is C27H35ClFN3O2S. The first-order chi connectivity index (χ1) is 16.7. The lowest BCUT2D eigenvalue weighted by molar-refractivity contribution is -0.116. The quantitative estimate of drug-likeness (QED) is 0.378. The maximum absolute atomic E-state index is 14.4. The number of hydrogen-bond donors (Lipinski definition) is 1. The van der Waals surface area contributed by atoms with Gasteiger partial charge in [0.25, 0.3) is 5.91 Å². The first-order valence-corrected chi connectivity index (χ1v) is 13.5. The standard InChI is InChI=1S/C27H35ClFN3O2S/c1-18(2)14-31(15-19(3)4)12-6-11-30-27(34)20-9-10-25-24(13-20)32(26(33)17-35-25)16-21-22(28)7-5-8-23(21)29/h5,7-10,13,18-19H,6,11-12,14-17H2,1-4H3,(H,30,34). The summed E-state index contributed by atoms with van der Waals surface area (Å²) in [4.78, 5) is 30.4. The number of nitrogens with one attached hydrogen (secondary N) is 1. The van der Waals surface area contributed by atoms with E-state index in [-0.39, 0.29) is 34.7 Å². The van der Waals surface area contributed by atoms with Crippen molar-refractivity contribution in [1.29, 1.82) is 0 Å². The Bertz CT molecular complexity index is 1020. The zero-order valence-corrected chi connectivity index (χ0v) is 22.5. The summed E-state index contributed by atoms with van der Waals surface area (Å²) in [6.45, 7) is 12.5. The van der Waals surface area contributed by atoms with Crippen molar-refractivity contribution >= 4 is 40.9 Å². The molecule has 1 aliphatic heterocycles. The Kier molecular flexibility index (Phi) is 10.0. The lowest BCUT2D eigenvalue weighted by Gasteiger charge is -2.30. The van der Waals surface area contributed by atoms with Crippen LogP contribution < -0.4 is 10.2 Å². The molecule has 2 aromatic carbocycles. The van der Waals surface area contributed by atoms with Gasteiger partial charge in [-0.2, -0.15) is 0 Å². The molecule has 0 saturated carbocycles. The number of thioether (sulfide) groups is 1. The number of hydrogen-bond acceptors (Lipinski definition) is 4. The Labute approximate surface area is 217 Å². The summed E-state index contributed by atoms with van der Waals surface area (Å²) >= 11 is 7.62. The van der Waals surface area contributed by atoms with E-state index in [1.54, 1.807) is 18.2 Å². The topological polar surface area (TPSA) is 52.7 Å². The van der Waals surface area contributed by atoms with Crippen molar-refractivity contribution in [3.05, 3.63) is 58.4 Å². The number of carbonyl (C=O) groups excluding carboxylic acids is 2. The summed E-state index contributed by atoms with van der Waals surface area (Å²) in [6, 6.07) is 9.82. The molecule has 0 atom stereocenters. The third-order valence-corrected chi connectivity index (χ3v) is 7.13. The van der Waals surface area contributed by atoms with Crippen molar-refractivity contribution in [3.63, 3.8) is 0 Å². The summed E-state index contributed by atoms with van der Waals surface area (Å²) in [6.07, 6.45) is 0.863. The Hall–Kier alpha value is -2.09. The number of nitrogens with zero attached hydrogens (tertiary/aromatic N) is 2. The summed E-state index contributed by atoms with van der Waals surface area (Å²) < 4.78 is 14.4. The third kappa shape index (κ3) is 7.69. The predicted molar refractivity (Wildman–Crippen MR) is 143 cm³/mol. The molecule has 1 aliphatic rings. The van der Waals surface area contributed by atoms with Gasteiger partial charge < -0.3 is 15.1 Å². The molecule has 0 aromatic heterocycles. The lowest BCUT2D eigenvalue weighted by atomic mass is 10.1. The number of fused-ring (bicyclic) bond motifs is 1. The number of amides is 2. The van der Waals surface area contributed by atoms with E-state index in [0.29, 0.717) is 29.6 Å². The second-order valence-electron chi connectivity index (χ2n) is 9.81. The van der Waals surface area contributed by atoms with Gasteiger partial charge in [0, 0.05) is 40.7 Å². The second-order valence-corrected chi connectivity index (χ2v) is 11.2. The van der Waals surface area contributed by atoms with Crippen LogP contribution in [0.15, 0.2) is 41.3 Å². The Morgan fingerprint density at radius 3 is 2.54 bits per heavy atom. The van der Waals surface area contributed by atoms with E-state index in [4.69, 9.17) is 11.6 Å². The van der Waals surface area contributed by atoms with Crippen LogP contribution in [0.4, 0.5) is 10.1 Å². The molecule has 0 spiro atoms. The van der Waals surface area contributed by atoms with Crippen molar-refractivity contribution in [3.8, 4) is 0 Å². The molecule has 190 valence electrons. The molecule has 0 fully saturated rings. The average molecular weight is 520 g/mol. The van der Waals surface area contributed by atoms with Gasteiger partial charge in [0.2, 0.25) is 5.91 Å². The van der Waals surface area contributed by atoms with Gasteiger partial charge in [-0.1, -0.05) is 45.4 Å². The maximum atomic E-state index is 14.4. The Balaban J connectivity index is 1.66. The number of benzene rings is 2. The third-order valence-electron chi connectivity index (χ3n) is 5.73. The normalized spacial score (nSPS) is 13.6. The van der Waals surface area contributed by atoms with E-state index in [1.807, 2.05) is 6.07 Å². The van der Waals surface area contributed by atoms with E-state index >= 15 is 0 Å². The van der Waals surface area contributed by atoms with Gasteiger partial charge in [0.15, 0.2) is 0 Å². The molecular weight excluding hydrogens is 485 g/mol. The van der Waals surface area contributed by atoms with Crippen LogP contribution in [0, 0.1) is 17.7 Å². The molecule has 0 unspecified atom stereocenters. The Morgan fingerprint density at radius 2 is 1.89 bits per heavy atom. The zero-order valence-electron chi connectivity index (χ0n) is 20.9. The van der Waals surface area contributed by atoms with Crippen LogP contribution in [0.2, 0.25) is 5.02 Å². The van der Waals surface area contributed by atoms with Crippen molar-refractivity contribution in [2.75, 3.05) is 36.8 Å². The van der Waals surface area contributed by atoms with Crippen molar-refractivity contribution in [2.45, 2.75) is 45.6 Å². The first kappa shape index (κ1) is 27.5. The number of carbonyl (C=O) groups is 2. The van der Waals surface area contributed by atoms with Crippen LogP contribution in [-0.2, 0) is 11.3 Å². The number of anilines is 1. The lowest BCUT2D eigenvalue weighted by Crippen LogP contribution is -2.36. The van der Waals surface area contributed by atoms with E-state index in [1.165, 1.54) is 28.8 Å². The minimum Gasteiger partial charge on any atom is -0.352 e. The molecule has 0 aliphatic carbocycles. The van der Waals surface area contributed by atoms with Gasteiger partial charge in [-0.15, -0.1) is 11.8 Å². The van der Waals surface area contributed by atoms with Crippen LogP contribution in [-0.4, -0.2) is 48.6 Å². The Morgan fingerprint density at radius 1 is 1.17 bits per heavy atom. The van der Waals surface area contributed by atoms with Gasteiger partial charge in [-0.25, -0.2) is 4.39 Å². The number of halogens is 2. The van der Waals surface area contributed by atoms with Gasteiger partial charge >= 0.3 is 0 Å². The SMILES string of the molecule is CC(C)CN(CCCNC(=O)c1ccc2c(c1)N(Cc1c(F)cccc1Cl)C(=O)CS2)CC(C)C. The highest BCUT2D eigenvalue weighted by Crippen LogP contribution is 2.37. The molecule has 0 saturated heterocycles. The fraction of sp³-hybridized carbons (Fsp3) is 0.481. The van der Waals surface area contributed by atoms with E-state index in [2.05, 4.69) is 37.9 Å². The maximum Gasteiger partial charge on any atom is 0.251 e. The molecule has 1 N–H and O–H groups in total. The highest BCUT2D eigenvalue weighted by molar-refractivity contribution is 8.00. The molecule has 8 heteroatoms. The summed E-state index contributed by atoms with van der Waals surface area (Å²) in [5.41, 5.74) is 1.35. The summed E-state index contributed by atoms with van der Waals surface area (Å²) in [7, 11) is 0. The van der Waals surface area contributed by atoms with Gasteiger partial charge in [-0.05, 0) is 55.1 Å². The highest BCUT2D eigenvalue weighted by atomic mass is 35.5. The van der Waals surface area contributed by atoms with E-state index < -0.39 is 5.82 Å². The average Bonchev–Trinajstić information content (AvgIpc) is 2.79. The van der Waals surface area contributed by atoms with Crippen LogP contribution in [0.25, 0.3) is 0 Å². The fourth-order valence-corrected chi connectivity index (χ4v) is 5.39. The largest absolute Gasteiger partial charge is 0.352 e. The van der Waals surface area contributed by atoms with Gasteiger partial charge in [-0.3, -0.25) is 9.59 Å². The van der Waals surface area contributed by atoms with Gasteiger partial charge in [0.1, 0.15) is 5.82 Å². The minimum atomic E-state index is -0.456. The van der Waals surface area contributed by atoms with Crippen molar-refractivity contribution in [2.24, 2.45) is 11.8 Å². The first-order valence-electron chi connectivity index (χ1n) is 12.2. The van der Waals surface area contributed by atoms with Crippen LogP contribution in [0.5, 0.6) is 0 Å². The molecule has 2 amide bonds. The highest BCUT2D eigenvalue weighted by Gasteiger charge is 2.27. The monoisotopic (exact) mass is 519 g/mol. The fourth-order valence-electron chi connectivity index (χ4n) is 4.25. The summed E-state index contributed by atoms with van der Waals surface area (Å²) in [5.74, 6) is 0.674. The van der Waals surface area contributed by atoms with E-state index in [9.17, 15) is 14.0 Å². The molecule has 5 nitrogen and oxygen atoms in total. The smallest absolute Gasteiger partial charge is 0.251 e.